The third-order valence-corrected chi connectivity index (χ3v) is 22.9. The monoisotopic (exact) mass is 1010 g/mol. The average Bonchev–Trinajstić information content (AvgIpc) is 3.48. The van der Waals surface area contributed by atoms with Crippen molar-refractivity contribution in [2.24, 2.45) is 11.8 Å². The van der Waals surface area contributed by atoms with Gasteiger partial charge in [-0.1, -0.05) is 97.4 Å². The number of hydrogen-bond acceptors (Lipinski definition) is 7. The number of benzene rings is 2. The van der Waals surface area contributed by atoms with Gasteiger partial charge in [0, 0.05) is 36.4 Å². The molecule has 0 spiro atoms. The zero-order valence-corrected chi connectivity index (χ0v) is 47.3. The highest BCUT2D eigenvalue weighted by Crippen LogP contribution is 2.39. The van der Waals surface area contributed by atoms with Gasteiger partial charge >= 0.3 is 5.97 Å². The molecular weight excluding hydrogens is 929 g/mol. The first-order valence-electron chi connectivity index (χ1n) is 23.6. The van der Waals surface area contributed by atoms with Crippen LogP contribution in [0.15, 0.2) is 64.8 Å². The molecule has 0 saturated heterocycles. The number of nitrogens with zero attached hydrogens (tertiary/aromatic N) is 1. The van der Waals surface area contributed by atoms with E-state index in [9.17, 15) is 19.2 Å². The lowest BCUT2D eigenvalue weighted by molar-refractivity contribution is -0.155. The van der Waals surface area contributed by atoms with Gasteiger partial charge in [0.1, 0.15) is 23.4 Å². The van der Waals surface area contributed by atoms with Crippen LogP contribution >= 0.6 is 15.9 Å². The van der Waals surface area contributed by atoms with E-state index in [2.05, 4.69) is 119 Å². The molecule has 6 atom stereocenters. The molecule has 11 nitrogen and oxygen atoms in total. The van der Waals surface area contributed by atoms with Crippen molar-refractivity contribution in [3.05, 3.63) is 75.9 Å². The van der Waals surface area contributed by atoms with Gasteiger partial charge in [-0.2, -0.15) is 0 Å². The normalized spacial score (nSPS) is 15.8. The molecule has 0 bridgehead atoms. The smallest absolute Gasteiger partial charge is 0.308 e. The summed E-state index contributed by atoms with van der Waals surface area (Å²) in [5.41, 5.74) is 2.72. The van der Waals surface area contributed by atoms with Crippen LogP contribution in [0.3, 0.4) is 0 Å². The number of allylic oxidation sites excluding steroid dienone is 2. The fraction of sp³-hybridized carbons (Fsp3) is 0.615. The highest BCUT2D eigenvalue weighted by Gasteiger charge is 2.40. The summed E-state index contributed by atoms with van der Waals surface area (Å²) in [7, 11) is -2.44. The van der Waals surface area contributed by atoms with Crippen LogP contribution in [-0.2, 0) is 34.8 Å². The molecular formula is C52H83BrN4O7Si2. The van der Waals surface area contributed by atoms with Gasteiger partial charge < -0.3 is 34.1 Å². The maximum absolute atomic E-state index is 14.8. The lowest BCUT2D eigenvalue weighted by Gasteiger charge is -2.38. The number of H-pyrrole nitrogens is 1. The molecule has 1 aromatic heterocycles. The number of likely N-dealkylation sites (N-methyl/N-ethyl adjacent to an activating group) is 1. The highest BCUT2D eigenvalue weighted by atomic mass is 79.9. The number of amides is 3. The third-order valence-electron chi connectivity index (χ3n) is 13.2. The number of halogens is 1. The number of esters is 1. The second-order valence-electron chi connectivity index (χ2n) is 22.7. The van der Waals surface area contributed by atoms with Gasteiger partial charge in [-0.25, -0.2) is 0 Å². The molecule has 66 heavy (non-hydrogen) atoms. The van der Waals surface area contributed by atoms with Crippen molar-refractivity contribution in [2.75, 3.05) is 7.05 Å². The molecule has 0 aliphatic heterocycles. The van der Waals surface area contributed by atoms with Crippen molar-refractivity contribution in [3.8, 4) is 5.75 Å². The van der Waals surface area contributed by atoms with Crippen LogP contribution in [0.25, 0.3) is 10.9 Å². The number of para-hydroxylation sites is 1. The summed E-state index contributed by atoms with van der Waals surface area (Å²) >= 11 is 3.68. The van der Waals surface area contributed by atoms with Crippen LogP contribution in [-0.4, -0.2) is 81.0 Å². The Balaban J connectivity index is 1.89. The Kier molecular flexibility index (Phi) is 19.4. The number of fused-ring (bicyclic) bond motifs is 1. The summed E-state index contributed by atoms with van der Waals surface area (Å²) in [6.07, 6.45) is 3.74. The van der Waals surface area contributed by atoms with Crippen molar-refractivity contribution in [2.45, 2.75) is 189 Å². The number of ether oxygens (including phenoxy) is 1. The van der Waals surface area contributed by atoms with E-state index in [1.165, 1.54) is 4.90 Å². The Labute approximate surface area is 407 Å². The summed E-state index contributed by atoms with van der Waals surface area (Å²) in [5.74, 6) is -1.06. The van der Waals surface area contributed by atoms with E-state index in [1.807, 2.05) is 62.4 Å². The van der Waals surface area contributed by atoms with Crippen LogP contribution in [0.4, 0.5) is 0 Å². The van der Waals surface area contributed by atoms with Crippen molar-refractivity contribution in [1.82, 2.24) is 20.5 Å². The Morgan fingerprint density at radius 1 is 0.803 bits per heavy atom. The molecule has 2 aromatic carbocycles. The predicted molar refractivity (Wildman–Crippen MR) is 279 cm³/mol. The Morgan fingerprint density at radius 3 is 1.94 bits per heavy atom. The van der Waals surface area contributed by atoms with E-state index in [4.69, 9.17) is 13.6 Å². The molecule has 14 heteroatoms. The summed E-state index contributed by atoms with van der Waals surface area (Å²) in [6, 6.07) is 12.5. The molecule has 0 aliphatic rings. The fourth-order valence-corrected chi connectivity index (χ4v) is 10.7. The van der Waals surface area contributed by atoms with Crippen LogP contribution in [0.2, 0.25) is 36.3 Å². The maximum Gasteiger partial charge on any atom is 0.308 e. The van der Waals surface area contributed by atoms with Crippen LogP contribution < -0.4 is 15.1 Å². The third kappa shape index (κ3) is 16.2. The lowest BCUT2D eigenvalue weighted by Crippen LogP contribution is -2.55. The van der Waals surface area contributed by atoms with E-state index >= 15 is 0 Å². The molecule has 3 amide bonds. The molecule has 0 saturated carbocycles. The van der Waals surface area contributed by atoms with E-state index < -0.39 is 64.1 Å². The number of carbonyl (C=O) groups excluding carboxylic acids is 4. The van der Waals surface area contributed by atoms with Gasteiger partial charge in [0.25, 0.3) is 0 Å². The molecule has 1 heterocycles. The average molecular weight is 1010 g/mol. The van der Waals surface area contributed by atoms with E-state index in [1.54, 1.807) is 34.7 Å². The number of nitrogens with one attached hydrogen (secondary N) is 3. The van der Waals surface area contributed by atoms with Crippen molar-refractivity contribution in [3.63, 3.8) is 0 Å². The number of carbonyl (C=O) groups is 4. The van der Waals surface area contributed by atoms with Crippen LogP contribution in [0, 0.1) is 11.8 Å². The van der Waals surface area contributed by atoms with Gasteiger partial charge in [0.2, 0.25) is 26.0 Å². The molecule has 3 aromatic rings. The second kappa shape index (κ2) is 22.6. The molecule has 0 radical (unpaired) electrons. The number of hydrogen-bond donors (Lipinski definition) is 3. The van der Waals surface area contributed by atoms with Crippen molar-refractivity contribution < 1.29 is 32.8 Å². The summed E-state index contributed by atoms with van der Waals surface area (Å²) in [6.45, 7) is 37.5. The van der Waals surface area contributed by atoms with Gasteiger partial charge in [-0.05, 0) is 142 Å². The largest absolute Gasteiger partial charge is 0.544 e. The molecule has 3 rings (SSSR count). The SMILES string of the molecule is C/C(=C\[C@H](C)C[C@H](C)O[Si](C)(C)C(C)(C)C)C[C@H](C)C(=O)N[C@@H](C)C(=O)N(C)[C@H](Cc1c(Br)[nH]c2ccccc12)C(=O)N[C@H](CC(=O)OC(C)(C)C)c1ccc(O[Si](C)(C)C(C)(C)C)cc1. The van der Waals surface area contributed by atoms with E-state index in [0.29, 0.717) is 22.3 Å². The second-order valence-corrected chi connectivity index (χ2v) is 32.9. The minimum absolute atomic E-state index is 0.00920. The topological polar surface area (TPSA) is 139 Å². The molecule has 0 aliphatic carbocycles. The predicted octanol–water partition coefficient (Wildman–Crippen LogP) is 12.2. The van der Waals surface area contributed by atoms with Crippen LogP contribution in [0.5, 0.6) is 5.75 Å². The highest BCUT2D eigenvalue weighted by molar-refractivity contribution is 9.10. The minimum Gasteiger partial charge on any atom is -0.544 e. The minimum atomic E-state index is -2.14. The first-order chi connectivity index (χ1) is 30.1. The van der Waals surface area contributed by atoms with Gasteiger partial charge in [-0.15, -0.1) is 0 Å². The van der Waals surface area contributed by atoms with Crippen molar-refractivity contribution >= 4 is 67.2 Å². The number of aromatic nitrogens is 1. The molecule has 0 unspecified atom stereocenters. The Morgan fingerprint density at radius 2 is 1.38 bits per heavy atom. The van der Waals surface area contributed by atoms with Gasteiger partial charge in [0.15, 0.2) is 8.32 Å². The quantitative estimate of drug-likeness (QED) is 0.0582. The summed E-state index contributed by atoms with van der Waals surface area (Å²) in [4.78, 5) is 61.0. The van der Waals surface area contributed by atoms with Crippen molar-refractivity contribution in [1.29, 1.82) is 0 Å². The Hall–Kier alpha value is -3.73. The molecule has 368 valence electrons. The van der Waals surface area contributed by atoms with Crippen LogP contribution in [0.1, 0.15) is 133 Å². The van der Waals surface area contributed by atoms with Gasteiger partial charge in [0.05, 0.1) is 17.1 Å². The Bertz CT molecular complexity index is 2160. The number of aromatic amines is 1. The lowest BCUT2D eigenvalue weighted by atomic mass is 9.95. The first-order valence-corrected chi connectivity index (χ1v) is 30.2. The molecule has 0 fully saturated rings. The molecule has 3 N–H and O–H groups in total. The fourth-order valence-electron chi connectivity index (χ4n) is 7.58. The van der Waals surface area contributed by atoms with E-state index in [0.717, 1.165) is 28.5 Å². The number of rotatable bonds is 20. The first kappa shape index (κ1) is 56.6. The van der Waals surface area contributed by atoms with E-state index in [-0.39, 0.29) is 40.8 Å². The summed E-state index contributed by atoms with van der Waals surface area (Å²) < 4.78 is 19.6. The maximum atomic E-state index is 14.8. The zero-order valence-electron chi connectivity index (χ0n) is 43.7. The standard InChI is InChI=1S/C52H83BrN4O7Si2/c1-33(28-34(2)30-36(4)63-65(16,17)51(9,10)11)29-35(3)47(59)54-37(5)49(61)57(15)44(31-41-40-22-20-21-23-42(40)55-46(41)53)48(60)56-43(32-45(58)62-50(6,7)8)38-24-26-39(27-25-38)64-66(18,19)52(12,13)14/h20-28,34-37,43-44,55H,29-32H2,1-19H3,(H,54,59)(H,56,60)/b33-28+/t34-,35-,36-,37-,43+,44+/m0/s1. The van der Waals surface area contributed by atoms with Gasteiger partial charge in [-0.3, -0.25) is 19.2 Å². The zero-order chi connectivity index (χ0) is 50.3. The summed E-state index contributed by atoms with van der Waals surface area (Å²) in [5, 5.41) is 7.09.